The van der Waals surface area contributed by atoms with Crippen LogP contribution in [-0.4, -0.2) is 8.07 Å². The predicted octanol–water partition coefficient (Wildman–Crippen LogP) is 3.79. The average molecular weight is 292 g/mol. The zero-order valence-corrected chi connectivity index (χ0v) is 14.0. The Kier molecular flexibility index (Phi) is 3.07. The summed E-state index contributed by atoms with van der Waals surface area (Å²) in [5, 5.41) is 4.83. The minimum Gasteiger partial charge on any atom is -0.0808 e. The van der Waals surface area contributed by atoms with Crippen molar-refractivity contribution in [3.05, 3.63) is 59.0 Å². The molecule has 108 valence electrons. The lowest BCUT2D eigenvalue weighted by molar-refractivity contribution is 0.546. The van der Waals surface area contributed by atoms with Gasteiger partial charge in [-0.1, -0.05) is 79.4 Å². The highest BCUT2D eigenvalue weighted by Gasteiger charge is 2.45. The lowest BCUT2D eigenvalue weighted by atomic mass is 9.92. The first-order valence-electron chi connectivity index (χ1n) is 8.32. The van der Waals surface area contributed by atoms with Gasteiger partial charge in [-0.2, -0.15) is 0 Å². The molecule has 3 aliphatic carbocycles. The van der Waals surface area contributed by atoms with Crippen molar-refractivity contribution in [2.75, 3.05) is 0 Å². The van der Waals surface area contributed by atoms with Crippen LogP contribution in [0.3, 0.4) is 0 Å². The molecule has 1 aromatic rings. The normalized spacial score (nSPS) is 30.2. The fourth-order valence-corrected chi connectivity index (χ4v) is 9.11. The highest BCUT2D eigenvalue weighted by Crippen LogP contribution is 2.51. The maximum absolute atomic E-state index is 2.62. The standard InChI is InChI=1S/C20H24Si/c1-21(2,19-13-11-15-7-3-5-9-17(15)19)20-14-12-16-8-4-6-10-18(16)20/h3-11,16,18,20H,12-14H2,1-2H3. The quantitative estimate of drug-likeness (QED) is 0.728. The van der Waals surface area contributed by atoms with Gasteiger partial charge >= 0.3 is 0 Å². The summed E-state index contributed by atoms with van der Waals surface area (Å²) in [6, 6.07) is 9.02. The second kappa shape index (κ2) is 4.84. The van der Waals surface area contributed by atoms with Crippen LogP contribution < -0.4 is 10.4 Å². The van der Waals surface area contributed by atoms with Gasteiger partial charge in [-0.15, -0.1) is 0 Å². The molecule has 0 aliphatic heterocycles. The molecular weight excluding hydrogens is 268 g/mol. The number of benzene rings is 1. The summed E-state index contributed by atoms with van der Waals surface area (Å²) < 4.78 is 0. The smallest absolute Gasteiger partial charge is 0.0803 e. The molecule has 3 aliphatic rings. The molecule has 0 saturated heterocycles. The fraction of sp³-hybridized carbons (Fsp3) is 0.400. The van der Waals surface area contributed by atoms with E-state index in [0.29, 0.717) is 0 Å². The van der Waals surface area contributed by atoms with Gasteiger partial charge in [-0.05, 0) is 40.7 Å². The summed E-state index contributed by atoms with van der Waals surface area (Å²) in [4.78, 5) is 0. The van der Waals surface area contributed by atoms with E-state index in [0.717, 1.165) is 17.4 Å². The Morgan fingerprint density at radius 2 is 1.81 bits per heavy atom. The van der Waals surface area contributed by atoms with E-state index in [4.69, 9.17) is 0 Å². The molecule has 0 bridgehead atoms. The van der Waals surface area contributed by atoms with Gasteiger partial charge in [0, 0.05) is 0 Å². The van der Waals surface area contributed by atoms with E-state index in [2.05, 4.69) is 67.7 Å². The van der Waals surface area contributed by atoms with E-state index in [-0.39, 0.29) is 0 Å². The lowest BCUT2D eigenvalue weighted by Gasteiger charge is -2.36. The van der Waals surface area contributed by atoms with Crippen LogP contribution in [0.1, 0.15) is 19.3 Å². The second-order valence-electron chi connectivity index (χ2n) is 7.39. The largest absolute Gasteiger partial charge is 0.0808 e. The summed E-state index contributed by atoms with van der Waals surface area (Å²) in [7, 11) is -1.40. The zero-order chi connectivity index (χ0) is 14.4. The van der Waals surface area contributed by atoms with Crippen LogP contribution in [-0.2, 0) is 0 Å². The third-order valence-corrected chi connectivity index (χ3v) is 10.6. The molecule has 21 heavy (non-hydrogen) atoms. The van der Waals surface area contributed by atoms with Gasteiger partial charge in [0.2, 0.25) is 0 Å². The minimum absolute atomic E-state index is 0.803. The highest BCUT2D eigenvalue weighted by molar-refractivity contribution is 6.94. The lowest BCUT2D eigenvalue weighted by Crippen LogP contribution is -2.41. The van der Waals surface area contributed by atoms with Crippen molar-refractivity contribution >= 4 is 19.3 Å². The third kappa shape index (κ3) is 2.02. The Hall–Kier alpha value is -1.34. The van der Waals surface area contributed by atoms with Gasteiger partial charge < -0.3 is 0 Å². The van der Waals surface area contributed by atoms with Crippen LogP contribution in [0.2, 0.25) is 18.6 Å². The van der Waals surface area contributed by atoms with Crippen LogP contribution in [0.4, 0.5) is 0 Å². The molecular formula is C20H24Si. The molecule has 1 aromatic carbocycles. The van der Waals surface area contributed by atoms with Crippen LogP contribution in [0, 0.1) is 11.8 Å². The summed E-state index contributed by atoms with van der Waals surface area (Å²) in [5.74, 6) is 1.62. The van der Waals surface area contributed by atoms with Crippen molar-refractivity contribution in [3.8, 4) is 0 Å². The first-order valence-corrected chi connectivity index (χ1v) is 11.4. The van der Waals surface area contributed by atoms with Crippen molar-refractivity contribution in [2.45, 2.75) is 37.9 Å². The van der Waals surface area contributed by atoms with Crippen LogP contribution in [0.5, 0.6) is 0 Å². The van der Waals surface area contributed by atoms with Crippen LogP contribution in [0.25, 0.3) is 11.3 Å². The van der Waals surface area contributed by atoms with Crippen molar-refractivity contribution in [1.82, 2.24) is 0 Å². The van der Waals surface area contributed by atoms with E-state index in [1.165, 1.54) is 24.5 Å². The van der Waals surface area contributed by atoms with E-state index in [9.17, 15) is 0 Å². The zero-order valence-electron chi connectivity index (χ0n) is 13.0. The van der Waals surface area contributed by atoms with E-state index < -0.39 is 8.07 Å². The summed E-state index contributed by atoms with van der Waals surface area (Å²) in [6.45, 7) is 5.24. The fourth-order valence-electron chi connectivity index (χ4n) is 4.90. The summed E-state index contributed by atoms with van der Waals surface area (Å²) in [6.07, 6.45) is 16.0. The Morgan fingerprint density at radius 1 is 1.00 bits per heavy atom. The van der Waals surface area contributed by atoms with Crippen molar-refractivity contribution in [1.29, 1.82) is 0 Å². The predicted molar refractivity (Wildman–Crippen MR) is 93.9 cm³/mol. The van der Waals surface area contributed by atoms with Gasteiger partial charge in [-0.3, -0.25) is 0 Å². The van der Waals surface area contributed by atoms with Gasteiger partial charge in [-0.25, -0.2) is 0 Å². The summed E-state index contributed by atoms with van der Waals surface area (Å²) in [5.41, 5.74) is 0.915. The molecule has 1 saturated carbocycles. The van der Waals surface area contributed by atoms with Crippen LogP contribution in [0.15, 0.2) is 48.6 Å². The molecule has 0 heterocycles. The third-order valence-electron chi connectivity index (χ3n) is 6.09. The van der Waals surface area contributed by atoms with Crippen molar-refractivity contribution in [3.63, 3.8) is 0 Å². The number of rotatable bonds is 2. The molecule has 0 spiro atoms. The average Bonchev–Trinajstić information content (AvgIpc) is 3.12. The molecule has 0 amide bonds. The van der Waals surface area contributed by atoms with Gasteiger partial charge in [0.25, 0.3) is 0 Å². The molecule has 4 rings (SSSR count). The van der Waals surface area contributed by atoms with Crippen LogP contribution >= 0.6 is 0 Å². The van der Waals surface area contributed by atoms with Crippen molar-refractivity contribution < 1.29 is 0 Å². The Morgan fingerprint density at radius 3 is 2.71 bits per heavy atom. The maximum Gasteiger partial charge on any atom is 0.0803 e. The summed E-state index contributed by atoms with van der Waals surface area (Å²) >= 11 is 0. The monoisotopic (exact) mass is 292 g/mol. The SMILES string of the molecule is C[Si](C)(C1=c2ccccc2=CC1)C1CCC2C=CC=CC21. The van der Waals surface area contributed by atoms with Crippen molar-refractivity contribution in [2.24, 2.45) is 11.8 Å². The molecule has 1 fully saturated rings. The Labute approximate surface area is 128 Å². The van der Waals surface area contributed by atoms with Gasteiger partial charge in [0.05, 0.1) is 8.07 Å². The maximum atomic E-state index is 2.62. The Bertz CT molecular complexity index is 735. The molecule has 0 N–H and O–H groups in total. The molecule has 3 atom stereocenters. The number of hydrogen-bond donors (Lipinski definition) is 0. The molecule has 0 aromatic heterocycles. The number of allylic oxidation sites excluding steroid dienone is 4. The van der Waals surface area contributed by atoms with E-state index in [1.807, 2.05) is 0 Å². The first kappa shape index (κ1) is 13.3. The molecule has 3 unspecified atom stereocenters. The van der Waals surface area contributed by atoms with Gasteiger partial charge in [0.15, 0.2) is 0 Å². The number of fused-ring (bicyclic) bond motifs is 2. The van der Waals surface area contributed by atoms with E-state index >= 15 is 0 Å². The highest BCUT2D eigenvalue weighted by atomic mass is 28.3. The molecule has 0 nitrogen and oxygen atoms in total. The second-order valence-corrected chi connectivity index (χ2v) is 12.2. The van der Waals surface area contributed by atoms with E-state index in [1.54, 1.807) is 10.4 Å². The van der Waals surface area contributed by atoms with Gasteiger partial charge in [0.1, 0.15) is 0 Å². The number of hydrogen-bond acceptors (Lipinski definition) is 0. The minimum atomic E-state index is -1.40. The topological polar surface area (TPSA) is 0 Å². The molecule has 0 radical (unpaired) electrons. The first-order chi connectivity index (χ1) is 10.2. The Balaban J connectivity index is 1.77. The molecule has 1 heteroatoms.